The molecule has 1 saturated carbocycles. The highest BCUT2D eigenvalue weighted by molar-refractivity contribution is 5.84. The molecule has 0 aromatic rings. The third-order valence-electron chi connectivity index (χ3n) is 5.62. The maximum absolute atomic E-state index is 12.8. The highest BCUT2D eigenvalue weighted by Gasteiger charge is 2.40. The van der Waals surface area contributed by atoms with Gasteiger partial charge in [-0.15, -0.1) is 0 Å². The first-order valence-corrected chi connectivity index (χ1v) is 9.01. The summed E-state index contributed by atoms with van der Waals surface area (Å²) in [6, 6.07) is 0.535. The number of fused-ring (bicyclic) bond motifs is 1. The minimum atomic E-state index is -0.0265. The first-order chi connectivity index (χ1) is 10.7. The molecule has 1 aliphatic carbocycles. The zero-order valence-corrected chi connectivity index (χ0v) is 13.6. The molecule has 4 atom stereocenters. The molecule has 124 valence electrons. The molecule has 2 aliphatic heterocycles. The standard InChI is InChI=1S/C17H29N3O2/c1-2-18-16(21)13-7-5-9-20(11-13)17(22)15-10-12-6-3-4-8-14(12)19-15/h12-15,19H,2-11H2,1H3,(H,18,21). The van der Waals surface area contributed by atoms with Gasteiger partial charge < -0.3 is 15.5 Å². The van der Waals surface area contributed by atoms with Gasteiger partial charge in [0.05, 0.1) is 12.0 Å². The Bertz CT molecular complexity index is 412. The van der Waals surface area contributed by atoms with Crippen LogP contribution in [0.3, 0.4) is 0 Å². The molecule has 2 N–H and O–H groups in total. The van der Waals surface area contributed by atoms with E-state index in [2.05, 4.69) is 10.6 Å². The highest BCUT2D eigenvalue weighted by Crippen LogP contribution is 2.34. The Kier molecular flexibility index (Phi) is 5.01. The maximum atomic E-state index is 12.8. The molecule has 5 nitrogen and oxygen atoms in total. The lowest BCUT2D eigenvalue weighted by molar-refractivity contribution is -0.137. The third-order valence-corrected chi connectivity index (χ3v) is 5.62. The van der Waals surface area contributed by atoms with Crippen molar-refractivity contribution in [1.82, 2.24) is 15.5 Å². The number of amides is 2. The average Bonchev–Trinajstić information content (AvgIpc) is 2.98. The van der Waals surface area contributed by atoms with Crippen molar-refractivity contribution in [3.63, 3.8) is 0 Å². The molecule has 2 amide bonds. The Labute approximate surface area is 133 Å². The number of nitrogens with one attached hydrogen (secondary N) is 2. The maximum Gasteiger partial charge on any atom is 0.239 e. The van der Waals surface area contributed by atoms with Crippen LogP contribution in [0.5, 0.6) is 0 Å². The number of hydrogen-bond donors (Lipinski definition) is 2. The second kappa shape index (κ2) is 6.99. The van der Waals surface area contributed by atoms with Crippen LogP contribution in [-0.4, -0.2) is 48.4 Å². The average molecular weight is 307 g/mol. The number of piperidine rings is 1. The summed E-state index contributed by atoms with van der Waals surface area (Å²) in [4.78, 5) is 26.8. The van der Waals surface area contributed by atoms with Crippen molar-refractivity contribution in [2.75, 3.05) is 19.6 Å². The third kappa shape index (κ3) is 3.29. The molecule has 4 unspecified atom stereocenters. The molecular weight excluding hydrogens is 278 g/mol. The molecule has 0 aromatic heterocycles. The molecule has 5 heteroatoms. The Morgan fingerprint density at radius 1 is 1.18 bits per heavy atom. The summed E-state index contributed by atoms with van der Waals surface area (Å²) in [5.74, 6) is 0.990. The molecule has 0 radical (unpaired) electrons. The summed E-state index contributed by atoms with van der Waals surface area (Å²) in [5, 5.41) is 6.46. The van der Waals surface area contributed by atoms with E-state index in [1.54, 1.807) is 0 Å². The van der Waals surface area contributed by atoms with Crippen LogP contribution in [0, 0.1) is 11.8 Å². The topological polar surface area (TPSA) is 61.4 Å². The zero-order chi connectivity index (χ0) is 15.5. The van der Waals surface area contributed by atoms with E-state index in [9.17, 15) is 9.59 Å². The molecule has 0 aromatic carbocycles. The first-order valence-electron chi connectivity index (χ1n) is 9.01. The van der Waals surface area contributed by atoms with Crippen molar-refractivity contribution >= 4 is 11.8 Å². The second-order valence-electron chi connectivity index (χ2n) is 7.12. The number of likely N-dealkylation sites (tertiary alicyclic amines) is 1. The summed E-state index contributed by atoms with van der Waals surface area (Å²) < 4.78 is 0. The molecule has 3 rings (SSSR count). The van der Waals surface area contributed by atoms with Crippen LogP contribution in [-0.2, 0) is 9.59 Å². The Hall–Kier alpha value is -1.10. The van der Waals surface area contributed by atoms with Crippen molar-refractivity contribution in [2.45, 2.75) is 64.0 Å². The van der Waals surface area contributed by atoms with Gasteiger partial charge in [-0.2, -0.15) is 0 Å². The molecular formula is C17H29N3O2. The lowest BCUT2D eigenvalue weighted by Gasteiger charge is -2.33. The molecule has 3 aliphatic rings. The van der Waals surface area contributed by atoms with Gasteiger partial charge >= 0.3 is 0 Å². The highest BCUT2D eigenvalue weighted by atomic mass is 16.2. The number of rotatable bonds is 3. The van der Waals surface area contributed by atoms with Crippen LogP contribution in [0.2, 0.25) is 0 Å². The summed E-state index contributed by atoms with van der Waals surface area (Å²) in [6.45, 7) is 4.01. The predicted molar refractivity (Wildman–Crippen MR) is 85.3 cm³/mol. The monoisotopic (exact) mass is 307 g/mol. The molecule has 3 fully saturated rings. The molecule has 2 saturated heterocycles. The van der Waals surface area contributed by atoms with Gasteiger partial charge in [0.15, 0.2) is 0 Å². The van der Waals surface area contributed by atoms with Gasteiger partial charge in [0, 0.05) is 25.7 Å². The van der Waals surface area contributed by atoms with Crippen LogP contribution in [0.25, 0.3) is 0 Å². The van der Waals surface area contributed by atoms with Gasteiger partial charge in [-0.1, -0.05) is 12.8 Å². The fourth-order valence-electron chi connectivity index (χ4n) is 4.44. The molecule has 0 bridgehead atoms. The Morgan fingerprint density at radius 2 is 2.00 bits per heavy atom. The van der Waals surface area contributed by atoms with Crippen LogP contribution in [0.15, 0.2) is 0 Å². The van der Waals surface area contributed by atoms with Gasteiger partial charge in [-0.05, 0) is 44.9 Å². The lowest BCUT2D eigenvalue weighted by atomic mass is 9.85. The largest absolute Gasteiger partial charge is 0.356 e. The number of carbonyl (C=O) groups is 2. The van der Waals surface area contributed by atoms with E-state index < -0.39 is 0 Å². The van der Waals surface area contributed by atoms with E-state index in [0.29, 0.717) is 25.0 Å². The Morgan fingerprint density at radius 3 is 2.77 bits per heavy atom. The van der Waals surface area contributed by atoms with E-state index >= 15 is 0 Å². The van der Waals surface area contributed by atoms with Crippen molar-refractivity contribution in [3.05, 3.63) is 0 Å². The van der Waals surface area contributed by atoms with Gasteiger partial charge in [0.25, 0.3) is 0 Å². The van der Waals surface area contributed by atoms with Gasteiger partial charge in [-0.25, -0.2) is 0 Å². The molecule has 0 spiro atoms. The van der Waals surface area contributed by atoms with Crippen molar-refractivity contribution in [2.24, 2.45) is 11.8 Å². The molecule has 22 heavy (non-hydrogen) atoms. The summed E-state index contributed by atoms with van der Waals surface area (Å²) in [6.07, 6.45) is 7.92. The summed E-state index contributed by atoms with van der Waals surface area (Å²) >= 11 is 0. The van der Waals surface area contributed by atoms with Crippen molar-refractivity contribution in [3.8, 4) is 0 Å². The van der Waals surface area contributed by atoms with Gasteiger partial charge in [0.1, 0.15) is 0 Å². The van der Waals surface area contributed by atoms with Crippen molar-refractivity contribution in [1.29, 1.82) is 0 Å². The van der Waals surface area contributed by atoms with Gasteiger partial charge in [-0.3, -0.25) is 9.59 Å². The van der Waals surface area contributed by atoms with Crippen LogP contribution < -0.4 is 10.6 Å². The van der Waals surface area contributed by atoms with Gasteiger partial charge in [0.2, 0.25) is 11.8 Å². The first kappa shape index (κ1) is 15.8. The fourth-order valence-corrected chi connectivity index (χ4v) is 4.44. The SMILES string of the molecule is CCNC(=O)C1CCCN(C(=O)C2CC3CCCCC3N2)C1. The summed E-state index contributed by atoms with van der Waals surface area (Å²) in [7, 11) is 0. The predicted octanol–water partition coefficient (Wildman–Crippen LogP) is 1.28. The quantitative estimate of drug-likeness (QED) is 0.826. The lowest BCUT2D eigenvalue weighted by Crippen LogP contribution is -2.51. The smallest absolute Gasteiger partial charge is 0.239 e. The number of nitrogens with zero attached hydrogens (tertiary/aromatic N) is 1. The van der Waals surface area contributed by atoms with E-state index in [1.807, 2.05) is 11.8 Å². The normalized spacial score (nSPS) is 35.0. The van der Waals surface area contributed by atoms with Crippen LogP contribution in [0.4, 0.5) is 0 Å². The fraction of sp³-hybridized carbons (Fsp3) is 0.882. The van der Waals surface area contributed by atoms with E-state index in [-0.39, 0.29) is 23.8 Å². The van der Waals surface area contributed by atoms with Crippen LogP contribution in [0.1, 0.15) is 51.9 Å². The van der Waals surface area contributed by atoms with E-state index in [0.717, 1.165) is 25.8 Å². The Balaban J connectivity index is 1.56. The number of hydrogen-bond acceptors (Lipinski definition) is 3. The van der Waals surface area contributed by atoms with Crippen molar-refractivity contribution < 1.29 is 9.59 Å². The minimum Gasteiger partial charge on any atom is -0.356 e. The second-order valence-corrected chi connectivity index (χ2v) is 7.12. The zero-order valence-electron chi connectivity index (χ0n) is 13.6. The minimum absolute atomic E-state index is 0.0129. The molecule has 2 heterocycles. The van der Waals surface area contributed by atoms with Crippen LogP contribution >= 0.6 is 0 Å². The number of carbonyl (C=O) groups excluding carboxylic acids is 2. The summed E-state index contributed by atoms with van der Waals surface area (Å²) in [5.41, 5.74) is 0. The van der Waals surface area contributed by atoms with E-state index in [1.165, 1.54) is 25.7 Å². The van der Waals surface area contributed by atoms with E-state index in [4.69, 9.17) is 0 Å².